The number of amides is 3. The molecular formula is C19H25Cl2N3O4. The molecule has 0 spiro atoms. The van der Waals surface area contributed by atoms with Gasteiger partial charge < -0.3 is 20.3 Å². The van der Waals surface area contributed by atoms with E-state index in [1.54, 1.807) is 43.9 Å². The highest BCUT2D eigenvalue weighted by Gasteiger charge is 2.25. The summed E-state index contributed by atoms with van der Waals surface area (Å²) in [6.45, 7) is 6.13. The first-order valence-corrected chi connectivity index (χ1v) is 9.81. The molecule has 0 bridgehead atoms. The van der Waals surface area contributed by atoms with Crippen LogP contribution in [0.5, 0.6) is 0 Å². The molecule has 9 heteroatoms. The van der Waals surface area contributed by atoms with Gasteiger partial charge >= 0.3 is 6.09 Å². The Bertz CT molecular complexity index is 741. The number of likely N-dealkylation sites (tertiary alicyclic amines) is 1. The molecule has 1 aliphatic heterocycles. The summed E-state index contributed by atoms with van der Waals surface area (Å²) in [5.74, 6) is -0.407. The van der Waals surface area contributed by atoms with Gasteiger partial charge in [0.05, 0.1) is 10.0 Å². The van der Waals surface area contributed by atoms with Crippen molar-refractivity contribution in [3.05, 3.63) is 33.8 Å². The Morgan fingerprint density at radius 3 is 2.36 bits per heavy atom. The first kappa shape index (κ1) is 22.3. The topological polar surface area (TPSA) is 87.7 Å². The van der Waals surface area contributed by atoms with E-state index in [9.17, 15) is 14.4 Å². The van der Waals surface area contributed by atoms with E-state index in [4.69, 9.17) is 27.9 Å². The second kappa shape index (κ2) is 9.47. The van der Waals surface area contributed by atoms with Gasteiger partial charge in [-0.1, -0.05) is 23.2 Å². The van der Waals surface area contributed by atoms with Crippen LogP contribution >= 0.6 is 23.2 Å². The second-order valence-electron chi connectivity index (χ2n) is 7.62. The average molecular weight is 430 g/mol. The zero-order valence-electron chi connectivity index (χ0n) is 16.2. The van der Waals surface area contributed by atoms with Gasteiger partial charge in [0, 0.05) is 24.7 Å². The summed E-state index contributed by atoms with van der Waals surface area (Å²) in [6.07, 6.45) is 0.626. The first-order valence-electron chi connectivity index (χ1n) is 9.05. The first-order chi connectivity index (χ1) is 13.0. The Balaban J connectivity index is 1.75. The lowest BCUT2D eigenvalue weighted by atomic mass is 10.0. The summed E-state index contributed by atoms with van der Waals surface area (Å²) in [6, 6.07) is 4.75. The van der Waals surface area contributed by atoms with Gasteiger partial charge in [-0.2, -0.15) is 0 Å². The van der Waals surface area contributed by atoms with Gasteiger partial charge in [0.1, 0.15) is 12.1 Å². The second-order valence-corrected chi connectivity index (χ2v) is 8.43. The van der Waals surface area contributed by atoms with Crippen molar-refractivity contribution >= 4 is 41.1 Å². The summed E-state index contributed by atoms with van der Waals surface area (Å²) in [7, 11) is 0. The van der Waals surface area contributed by atoms with Crippen molar-refractivity contribution in [3.8, 4) is 0 Å². The monoisotopic (exact) mass is 429 g/mol. The number of nitrogens with one attached hydrogen (secondary N) is 2. The van der Waals surface area contributed by atoms with Crippen LogP contribution in [0.25, 0.3) is 0 Å². The van der Waals surface area contributed by atoms with Gasteiger partial charge in [0.15, 0.2) is 0 Å². The molecule has 28 heavy (non-hydrogen) atoms. The number of hydrogen-bond acceptors (Lipinski definition) is 4. The Morgan fingerprint density at radius 2 is 1.79 bits per heavy atom. The van der Waals surface area contributed by atoms with Gasteiger partial charge in [0.25, 0.3) is 5.91 Å². The van der Waals surface area contributed by atoms with E-state index in [0.717, 1.165) is 0 Å². The van der Waals surface area contributed by atoms with Gasteiger partial charge in [-0.25, -0.2) is 4.79 Å². The minimum Gasteiger partial charge on any atom is -0.444 e. The van der Waals surface area contributed by atoms with Gasteiger partial charge in [-0.3, -0.25) is 9.59 Å². The van der Waals surface area contributed by atoms with Gasteiger partial charge in [0.2, 0.25) is 5.91 Å². The molecule has 3 amide bonds. The zero-order valence-corrected chi connectivity index (χ0v) is 17.7. The van der Waals surface area contributed by atoms with Crippen molar-refractivity contribution in [2.45, 2.75) is 45.3 Å². The molecule has 1 aliphatic rings. The van der Waals surface area contributed by atoms with Crippen LogP contribution in [-0.2, 0) is 9.53 Å². The van der Waals surface area contributed by atoms with E-state index in [1.807, 2.05) is 0 Å². The van der Waals surface area contributed by atoms with Crippen LogP contribution < -0.4 is 10.6 Å². The van der Waals surface area contributed by atoms with E-state index >= 15 is 0 Å². The standard InChI is InChI=1S/C19H25Cl2N3O4/c1-19(2,3)28-18(27)22-11-16(25)23-13-6-8-24(9-7-13)17(26)12-4-5-14(20)15(21)10-12/h4-5,10,13H,6-9,11H2,1-3H3,(H,22,27)(H,23,25). The fourth-order valence-electron chi connectivity index (χ4n) is 2.78. The SMILES string of the molecule is CC(C)(C)OC(=O)NCC(=O)NC1CCN(C(=O)c2ccc(Cl)c(Cl)c2)CC1. The fraction of sp³-hybridized carbons (Fsp3) is 0.526. The number of alkyl carbamates (subject to hydrolysis) is 1. The lowest BCUT2D eigenvalue weighted by Gasteiger charge is -2.32. The smallest absolute Gasteiger partial charge is 0.408 e. The maximum absolute atomic E-state index is 12.6. The molecule has 1 saturated heterocycles. The van der Waals surface area contributed by atoms with Crippen LogP contribution in [0, 0.1) is 0 Å². The predicted octanol–water partition coefficient (Wildman–Crippen LogP) is 3.24. The number of carbonyl (C=O) groups excluding carboxylic acids is 3. The molecule has 2 N–H and O–H groups in total. The lowest BCUT2D eigenvalue weighted by molar-refractivity contribution is -0.121. The summed E-state index contributed by atoms with van der Waals surface area (Å²) < 4.78 is 5.08. The minimum atomic E-state index is -0.635. The molecule has 154 valence electrons. The summed E-state index contributed by atoms with van der Waals surface area (Å²) in [4.78, 5) is 37.9. The fourth-order valence-corrected chi connectivity index (χ4v) is 3.08. The molecule has 7 nitrogen and oxygen atoms in total. The number of rotatable bonds is 4. The van der Waals surface area contributed by atoms with Crippen molar-refractivity contribution in [3.63, 3.8) is 0 Å². The van der Waals surface area contributed by atoms with E-state index in [1.165, 1.54) is 0 Å². The Kier molecular flexibility index (Phi) is 7.55. The molecule has 2 rings (SSSR count). The van der Waals surface area contributed by atoms with Crippen LogP contribution in [-0.4, -0.2) is 54.1 Å². The van der Waals surface area contributed by atoms with E-state index in [0.29, 0.717) is 41.5 Å². The largest absolute Gasteiger partial charge is 0.444 e. The van der Waals surface area contributed by atoms with Crippen molar-refractivity contribution in [1.29, 1.82) is 0 Å². The number of piperidine rings is 1. The van der Waals surface area contributed by atoms with Crippen LogP contribution in [0.15, 0.2) is 18.2 Å². The molecule has 0 aromatic heterocycles. The van der Waals surface area contributed by atoms with Crippen LogP contribution in [0.4, 0.5) is 4.79 Å². The van der Waals surface area contributed by atoms with Gasteiger partial charge in [-0.15, -0.1) is 0 Å². The maximum Gasteiger partial charge on any atom is 0.408 e. The van der Waals surface area contributed by atoms with Crippen LogP contribution in [0.3, 0.4) is 0 Å². The van der Waals surface area contributed by atoms with E-state index in [-0.39, 0.29) is 24.4 Å². The third-order valence-corrected chi connectivity index (χ3v) is 4.85. The molecule has 0 atom stereocenters. The van der Waals surface area contributed by atoms with Crippen molar-refractivity contribution in [2.24, 2.45) is 0 Å². The number of ether oxygens (including phenoxy) is 1. The van der Waals surface area contributed by atoms with Crippen molar-refractivity contribution < 1.29 is 19.1 Å². The summed E-state index contributed by atoms with van der Waals surface area (Å²) in [5, 5.41) is 6.04. The molecule has 1 fully saturated rings. The highest BCUT2D eigenvalue weighted by molar-refractivity contribution is 6.42. The highest BCUT2D eigenvalue weighted by atomic mass is 35.5. The molecule has 0 radical (unpaired) electrons. The normalized spacial score (nSPS) is 15.1. The third kappa shape index (κ3) is 6.87. The number of nitrogens with zero attached hydrogens (tertiary/aromatic N) is 1. The molecular weight excluding hydrogens is 405 g/mol. The lowest BCUT2D eigenvalue weighted by Crippen LogP contribution is -2.49. The van der Waals surface area contributed by atoms with Gasteiger partial charge in [-0.05, 0) is 51.8 Å². The highest BCUT2D eigenvalue weighted by Crippen LogP contribution is 2.24. The van der Waals surface area contributed by atoms with Crippen LogP contribution in [0.2, 0.25) is 10.0 Å². The number of benzene rings is 1. The minimum absolute atomic E-state index is 0.0502. The number of hydrogen-bond donors (Lipinski definition) is 2. The molecule has 1 aromatic rings. The van der Waals surface area contributed by atoms with Crippen molar-refractivity contribution in [2.75, 3.05) is 19.6 Å². The number of halogens is 2. The zero-order chi connectivity index (χ0) is 20.9. The van der Waals surface area contributed by atoms with E-state index in [2.05, 4.69) is 10.6 Å². The van der Waals surface area contributed by atoms with E-state index < -0.39 is 11.7 Å². The summed E-state index contributed by atoms with van der Waals surface area (Å²) >= 11 is 11.9. The molecule has 0 unspecified atom stereocenters. The summed E-state index contributed by atoms with van der Waals surface area (Å²) in [5.41, 5.74) is -0.132. The third-order valence-electron chi connectivity index (χ3n) is 4.11. The van der Waals surface area contributed by atoms with Crippen LogP contribution in [0.1, 0.15) is 44.0 Å². The average Bonchev–Trinajstić information content (AvgIpc) is 2.61. The number of carbonyl (C=O) groups is 3. The Labute approximate surface area is 174 Å². The predicted molar refractivity (Wildman–Crippen MR) is 108 cm³/mol. The Hall–Kier alpha value is -1.99. The molecule has 1 aromatic carbocycles. The quantitative estimate of drug-likeness (QED) is 0.768. The molecule has 0 aliphatic carbocycles. The molecule has 0 saturated carbocycles. The maximum atomic E-state index is 12.6. The Morgan fingerprint density at radius 1 is 1.14 bits per heavy atom. The molecule has 1 heterocycles. The van der Waals surface area contributed by atoms with Crippen molar-refractivity contribution in [1.82, 2.24) is 15.5 Å².